The van der Waals surface area contributed by atoms with Gasteiger partial charge < -0.3 is 0 Å². The number of rotatable bonds is 4. The summed E-state index contributed by atoms with van der Waals surface area (Å²) in [4.78, 5) is 49.6. The van der Waals surface area contributed by atoms with Crippen LogP contribution in [0.15, 0.2) is 30.3 Å². The van der Waals surface area contributed by atoms with Crippen LogP contribution in [-0.4, -0.2) is 35.1 Å². The monoisotopic (exact) mass is 343 g/mol. The highest BCUT2D eigenvalue weighted by Gasteiger charge is 2.47. The summed E-state index contributed by atoms with van der Waals surface area (Å²) in [5.74, 6) is -1.59. The first-order valence-corrected chi connectivity index (χ1v) is 8.57. The fraction of sp³-hybridized carbons (Fsp3) is 0.444. The molecule has 4 amide bonds. The smallest absolute Gasteiger partial charge is 0.269 e. The zero-order chi connectivity index (χ0) is 17.8. The van der Waals surface area contributed by atoms with Crippen molar-refractivity contribution in [2.24, 2.45) is 11.8 Å². The molecule has 2 atom stereocenters. The predicted octanol–water partition coefficient (Wildman–Crippen LogP) is 1.01. The van der Waals surface area contributed by atoms with E-state index in [0.717, 1.165) is 25.7 Å². The number of hydrogen-bond acceptors (Lipinski definition) is 4. The molecule has 0 aromatic heterocycles. The fourth-order valence-electron chi connectivity index (χ4n) is 3.52. The average Bonchev–Trinajstić information content (AvgIpc) is 2.89. The molecule has 3 rings (SSSR count). The molecule has 1 saturated carbocycles. The Morgan fingerprint density at radius 1 is 0.960 bits per heavy atom. The minimum Gasteiger partial charge on any atom is -0.282 e. The van der Waals surface area contributed by atoms with Crippen molar-refractivity contribution in [1.82, 2.24) is 15.8 Å². The normalized spacial score (nSPS) is 22.5. The van der Waals surface area contributed by atoms with Crippen LogP contribution >= 0.6 is 0 Å². The summed E-state index contributed by atoms with van der Waals surface area (Å²) in [7, 11) is 0. The highest BCUT2D eigenvalue weighted by atomic mass is 16.2. The molecule has 1 saturated heterocycles. The van der Waals surface area contributed by atoms with Crippen LogP contribution in [0.4, 0.5) is 0 Å². The fourth-order valence-corrected chi connectivity index (χ4v) is 3.52. The molecule has 7 nitrogen and oxygen atoms in total. The maximum absolute atomic E-state index is 12.3. The number of benzene rings is 1. The minimum atomic E-state index is -0.445. The van der Waals surface area contributed by atoms with E-state index in [1.807, 2.05) is 0 Å². The number of amides is 4. The third-order valence-electron chi connectivity index (χ3n) is 4.85. The van der Waals surface area contributed by atoms with Gasteiger partial charge in [-0.2, -0.15) is 0 Å². The number of carbonyl (C=O) groups is 4. The standard InChI is InChI=1S/C18H21N3O4/c22-15(19-20-16(23)12-6-2-1-3-7-12)10-11-21-17(24)13-8-4-5-9-14(13)18(21)25/h1-3,6-7,13-14H,4-5,8-11H2,(H,19,22)(H,20,23)/t13-,14+. The maximum Gasteiger partial charge on any atom is 0.269 e. The number of fused-ring (bicyclic) bond motifs is 1. The molecule has 0 unspecified atom stereocenters. The maximum atomic E-state index is 12.3. The van der Waals surface area contributed by atoms with E-state index in [1.54, 1.807) is 30.3 Å². The number of likely N-dealkylation sites (tertiary alicyclic amines) is 1. The van der Waals surface area contributed by atoms with E-state index in [1.165, 1.54) is 4.90 Å². The van der Waals surface area contributed by atoms with Crippen molar-refractivity contribution in [1.29, 1.82) is 0 Å². The van der Waals surface area contributed by atoms with Gasteiger partial charge in [-0.1, -0.05) is 31.0 Å². The second-order valence-corrected chi connectivity index (χ2v) is 6.44. The lowest BCUT2D eigenvalue weighted by molar-refractivity contribution is -0.140. The zero-order valence-corrected chi connectivity index (χ0v) is 13.9. The van der Waals surface area contributed by atoms with Crippen molar-refractivity contribution in [2.45, 2.75) is 32.1 Å². The largest absolute Gasteiger partial charge is 0.282 e. The zero-order valence-electron chi connectivity index (χ0n) is 13.9. The van der Waals surface area contributed by atoms with Gasteiger partial charge in [-0.25, -0.2) is 0 Å². The lowest BCUT2D eigenvalue weighted by Crippen LogP contribution is -2.43. The molecule has 25 heavy (non-hydrogen) atoms. The molecule has 1 aromatic carbocycles. The van der Waals surface area contributed by atoms with Crippen LogP contribution < -0.4 is 10.9 Å². The number of nitrogens with zero attached hydrogens (tertiary/aromatic N) is 1. The Hall–Kier alpha value is -2.70. The van der Waals surface area contributed by atoms with Gasteiger partial charge in [0.2, 0.25) is 17.7 Å². The van der Waals surface area contributed by atoms with Gasteiger partial charge in [0.1, 0.15) is 0 Å². The summed E-state index contributed by atoms with van der Waals surface area (Å²) in [5.41, 5.74) is 5.06. The molecule has 132 valence electrons. The van der Waals surface area contributed by atoms with E-state index in [9.17, 15) is 19.2 Å². The van der Waals surface area contributed by atoms with Crippen LogP contribution in [0, 0.1) is 11.8 Å². The quantitative estimate of drug-likeness (QED) is 0.630. The summed E-state index contributed by atoms with van der Waals surface area (Å²) in [6.07, 6.45) is 3.42. The third-order valence-corrected chi connectivity index (χ3v) is 4.85. The molecule has 2 aliphatic rings. The Morgan fingerprint density at radius 2 is 1.56 bits per heavy atom. The highest BCUT2D eigenvalue weighted by molar-refractivity contribution is 6.05. The van der Waals surface area contributed by atoms with Crippen LogP contribution in [0.1, 0.15) is 42.5 Å². The highest BCUT2D eigenvalue weighted by Crippen LogP contribution is 2.37. The molecule has 2 N–H and O–H groups in total. The van der Waals surface area contributed by atoms with Crippen LogP contribution in [0.2, 0.25) is 0 Å². The molecule has 1 heterocycles. The summed E-state index contributed by atoms with van der Waals surface area (Å²) in [5, 5.41) is 0. The van der Waals surface area contributed by atoms with Crippen molar-refractivity contribution < 1.29 is 19.2 Å². The van der Waals surface area contributed by atoms with Gasteiger partial charge in [-0.05, 0) is 25.0 Å². The van der Waals surface area contributed by atoms with Crippen LogP contribution in [0.25, 0.3) is 0 Å². The van der Waals surface area contributed by atoms with E-state index >= 15 is 0 Å². The van der Waals surface area contributed by atoms with Gasteiger partial charge in [0.05, 0.1) is 11.8 Å². The molecule has 7 heteroatoms. The lowest BCUT2D eigenvalue weighted by atomic mass is 9.81. The Kier molecular flexibility index (Phi) is 5.11. The molecule has 0 radical (unpaired) electrons. The lowest BCUT2D eigenvalue weighted by Gasteiger charge is -2.19. The Morgan fingerprint density at radius 3 is 2.16 bits per heavy atom. The molecular weight excluding hydrogens is 322 g/mol. The summed E-state index contributed by atoms with van der Waals surface area (Å²) in [6, 6.07) is 8.49. The minimum absolute atomic E-state index is 0.0357. The number of hydrogen-bond donors (Lipinski definition) is 2. The van der Waals surface area contributed by atoms with Crippen molar-refractivity contribution in [3.8, 4) is 0 Å². The van der Waals surface area contributed by atoms with E-state index in [4.69, 9.17) is 0 Å². The Balaban J connectivity index is 1.47. The van der Waals surface area contributed by atoms with Crippen molar-refractivity contribution >= 4 is 23.6 Å². The van der Waals surface area contributed by atoms with Crippen LogP contribution in [0.3, 0.4) is 0 Å². The second-order valence-electron chi connectivity index (χ2n) is 6.44. The number of carbonyl (C=O) groups excluding carboxylic acids is 4. The summed E-state index contributed by atoms with van der Waals surface area (Å²) < 4.78 is 0. The molecule has 1 aliphatic heterocycles. The van der Waals surface area contributed by atoms with E-state index < -0.39 is 11.8 Å². The van der Waals surface area contributed by atoms with Crippen molar-refractivity contribution in [2.75, 3.05) is 6.54 Å². The Bertz CT molecular complexity index is 665. The summed E-state index contributed by atoms with van der Waals surface area (Å²) in [6.45, 7) is 0.0533. The first kappa shape index (κ1) is 17.1. The number of imide groups is 1. The SMILES string of the molecule is O=C(CCN1C(=O)[C@H]2CCCC[C@H]2C1=O)NNC(=O)c1ccccc1. The van der Waals surface area contributed by atoms with Gasteiger partial charge in [0.15, 0.2) is 0 Å². The van der Waals surface area contributed by atoms with Gasteiger partial charge >= 0.3 is 0 Å². The van der Waals surface area contributed by atoms with Crippen molar-refractivity contribution in [3.05, 3.63) is 35.9 Å². The predicted molar refractivity (Wildman–Crippen MR) is 88.8 cm³/mol. The van der Waals surface area contributed by atoms with Gasteiger partial charge in [-0.15, -0.1) is 0 Å². The first-order chi connectivity index (χ1) is 12.1. The number of nitrogens with one attached hydrogen (secondary N) is 2. The van der Waals surface area contributed by atoms with E-state index in [-0.39, 0.29) is 36.6 Å². The second kappa shape index (κ2) is 7.46. The number of hydrazine groups is 1. The first-order valence-electron chi connectivity index (χ1n) is 8.57. The van der Waals surface area contributed by atoms with Crippen molar-refractivity contribution in [3.63, 3.8) is 0 Å². The molecule has 0 bridgehead atoms. The molecular formula is C18H21N3O4. The van der Waals surface area contributed by atoms with Crippen LogP contribution in [0.5, 0.6) is 0 Å². The average molecular weight is 343 g/mol. The molecule has 2 fully saturated rings. The van der Waals surface area contributed by atoms with Gasteiger partial charge in [0.25, 0.3) is 5.91 Å². The molecule has 1 aliphatic carbocycles. The third kappa shape index (κ3) is 3.70. The summed E-state index contributed by atoms with van der Waals surface area (Å²) >= 11 is 0. The topological polar surface area (TPSA) is 95.6 Å². The molecule has 0 spiro atoms. The van der Waals surface area contributed by atoms with E-state index in [2.05, 4.69) is 10.9 Å². The molecule has 1 aromatic rings. The Labute approximate surface area is 145 Å². The van der Waals surface area contributed by atoms with Gasteiger partial charge in [-0.3, -0.25) is 34.9 Å². The van der Waals surface area contributed by atoms with Crippen LogP contribution in [-0.2, 0) is 14.4 Å². The van der Waals surface area contributed by atoms with E-state index in [0.29, 0.717) is 5.56 Å². The van der Waals surface area contributed by atoms with Gasteiger partial charge in [0, 0.05) is 18.5 Å².